The van der Waals surface area contributed by atoms with Gasteiger partial charge in [-0.3, -0.25) is 4.98 Å². The zero-order chi connectivity index (χ0) is 10.7. The molecule has 0 atom stereocenters. The van der Waals surface area contributed by atoms with E-state index in [1.54, 1.807) is 0 Å². The Hall–Kier alpha value is -1.65. The molecule has 1 aliphatic carbocycles. The van der Waals surface area contributed by atoms with Gasteiger partial charge in [0.2, 0.25) is 5.88 Å². The Morgan fingerprint density at radius 2 is 2.33 bits per heavy atom. The number of hydrogen-bond donors (Lipinski definition) is 1. The average molecular weight is 208 g/mol. The number of aromatic carboxylic acids is 1. The van der Waals surface area contributed by atoms with Crippen LogP contribution < -0.4 is 4.74 Å². The molecule has 2 rings (SSSR count). The van der Waals surface area contributed by atoms with Gasteiger partial charge >= 0.3 is 5.97 Å². The summed E-state index contributed by atoms with van der Waals surface area (Å²) in [4.78, 5) is 18.2. The lowest BCUT2D eigenvalue weighted by atomic mass is 9.86. The second-order valence-electron chi connectivity index (χ2n) is 3.66. The summed E-state index contributed by atoms with van der Waals surface area (Å²) in [6.45, 7) is 0.609. The molecule has 1 fully saturated rings. The molecule has 0 aliphatic heterocycles. The lowest BCUT2D eigenvalue weighted by Gasteiger charge is -2.24. The van der Waals surface area contributed by atoms with Gasteiger partial charge in [-0.1, -0.05) is 6.42 Å². The maximum atomic E-state index is 10.6. The predicted molar refractivity (Wildman–Crippen MR) is 51.8 cm³/mol. The molecule has 0 aromatic carbocycles. The highest BCUT2D eigenvalue weighted by Gasteiger charge is 2.18. The highest BCUT2D eigenvalue weighted by molar-refractivity contribution is 5.84. The molecule has 0 bridgehead atoms. The van der Waals surface area contributed by atoms with Gasteiger partial charge in [-0.25, -0.2) is 9.78 Å². The third-order valence-corrected chi connectivity index (χ3v) is 2.52. The van der Waals surface area contributed by atoms with Crippen molar-refractivity contribution < 1.29 is 14.6 Å². The van der Waals surface area contributed by atoms with Crippen molar-refractivity contribution in [3.05, 3.63) is 18.1 Å². The van der Waals surface area contributed by atoms with E-state index in [4.69, 9.17) is 9.84 Å². The van der Waals surface area contributed by atoms with Crippen molar-refractivity contribution in [1.82, 2.24) is 9.97 Å². The smallest absolute Gasteiger partial charge is 0.356 e. The van der Waals surface area contributed by atoms with E-state index >= 15 is 0 Å². The number of rotatable bonds is 4. The standard InChI is InChI=1S/C10H12N2O3/c13-10(14)8-4-11-5-9(12-8)15-6-7-2-1-3-7/h4-5,7H,1-3,6H2,(H,13,14). The summed E-state index contributed by atoms with van der Waals surface area (Å²) in [6, 6.07) is 0. The van der Waals surface area contributed by atoms with Crippen molar-refractivity contribution in [3.8, 4) is 5.88 Å². The Balaban J connectivity index is 1.94. The van der Waals surface area contributed by atoms with E-state index in [0.29, 0.717) is 18.4 Å². The fraction of sp³-hybridized carbons (Fsp3) is 0.500. The molecule has 80 valence electrons. The number of aromatic nitrogens is 2. The van der Waals surface area contributed by atoms with Crippen LogP contribution in [0.25, 0.3) is 0 Å². The summed E-state index contributed by atoms with van der Waals surface area (Å²) in [6.07, 6.45) is 6.27. The summed E-state index contributed by atoms with van der Waals surface area (Å²) >= 11 is 0. The lowest BCUT2D eigenvalue weighted by molar-refractivity contribution is 0.0688. The highest BCUT2D eigenvalue weighted by atomic mass is 16.5. The first-order chi connectivity index (χ1) is 7.25. The fourth-order valence-corrected chi connectivity index (χ4v) is 1.38. The van der Waals surface area contributed by atoms with Crippen molar-refractivity contribution in [3.63, 3.8) is 0 Å². The summed E-state index contributed by atoms with van der Waals surface area (Å²) in [7, 11) is 0. The Bertz CT molecular complexity index is 363. The molecule has 5 heteroatoms. The minimum atomic E-state index is -1.09. The van der Waals surface area contributed by atoms with Crippen molar-refractivity contribution >= 4 is 5.97 Å². The normalized spacial score (nSPS) is 15.7. The van der Waals surface area contributed by atoms with E-state index in [0.717, 1.165) is 0 Å². The Kier molecular flexibility index (Phi) is 2.80. The van der Waals surface area contributed by atoms with Crippen LogP contribution in [0.3, 0.4) is 0 Å². The number of carboxylic acids is 1. The van der Waals surface area contributed by atoms with Crippen LogP contribution in [-0.4, -0.2) is 27.7 Å². The average Bonchev–Trinajstić information content (AvgIpc) is 2.16. The van der Waals surface area contributed by atoms with Gasteiger partial charge in [0.05, 0.1) is 19.0 Å². The molecule has 0 radical (unpaired) electrons. The molecule has 1 saturated carbocycles. The second kappa shape index (κ2) is 4.25. The summed E-state index contributed by atoms with van der Waals surface area (Å²) in [5, 5.41) is 8.69. The van der Waals surface area contributed by atoms with Crippen LogP contribution in [0.5, 0.6) is 5.88 Å². The highest BCUT2D eigenvalue weighted by Crippen LogP contribution is 2.26. The van der Waals surface area contributed by atoms with Gasteiger partial charge in [0.15, 0.2) is 5.69 Å². The first kappa shape index (κ1) is 9.89. The SMILES string of the molecule is O=C(O)c1cncc(OCC2CCC2)n1. The molecule has 1 aliphatic rings. The zero-order valence-corrected chi connectivity index (χ0v) is 8.22. The molecule has 0 saturated heterocycles. The largest absolute Gasteiger partial charge is 0.476 e. The number of ether oxygens (including phenoxy) is 1. The second-order valence-corrected chi connectivity index (χ2v) is 3.66. The number of nitrogens with zero attached hydrogens (tertiary/aromatic N) is 2. The fourth-order valence-electron chi connectivity index (χ4n) is 1.38. The van der Waals surface area contributed by atoms with Crippen molar-refractivity contribution in [2.24, 2.45) is 5.92 Å². The van der Waals surface area contributed by atoms with Gasteiger partial charge in [0, 0.05) is 0 Å². The lowest BCUT2D eigenvalue weighted by Crippen LogP contribution is -2.19. The molecule has 0 amide bonds. The summed E-state index contributed by atoms with van der Waals surface area (Å²) < 4.78 is 5.36. The van der Waals surface area contributed by atoms with E-state index in [2.05, 4.69) is 9.97 Å². The first-order valence-corrected chi connectivity index (χ1v) is 4.94. The van der Waals surface area contributed by atoms with E-state index in [-0.39, 0.29) is 5.69 Å². The van der Waals surface area contributed by atoms with E-state index in [1.165, 1.54) is 31.7 Å². The minimum absolute atomic E-state index is 0.0823. The van der Waals surface area contributed by atoms with E-state index < -0.39 is 5.97 Å². The molecule has 1 N–H and O–H groups in total. The third-order valence-electron chi connectivity index (χ3n) is 2.52. The Morgan fingerprint density at radius 1 is 1.53 bits per heavy atom. The topological polar surface area (TPSA) is 72.3 Å². The minimum Gasteiger partial charge on any atom is -0.476 e. The molecule has 1 aromatic rings. The Labute approximate surface area is 87.1 Å². The van der Waals surface area contributed by atoms with Gasteiger partial charge in [-0.05, 0) is 18.8 Å². The van der Waals surface area contributed by atoms with Gasteiger partial charge in [-0.2, -0.15) is 0 Å². The first-order valence-electron chi connectivity index (χ1n) is 4.94. The third kappa shape index (κ3) is 2.43. The van der Waals surface area contributed by atoms with E-state index in [1.807, 2.05) is 0 Å². The van der Waals surface area contributed by atoms with Crippen molar-refractivity contribution in [2.45, 2.75) is 19.3 Å². The maximum Gasteiger partial charge on any atom is 0.356 e. The molecule has 1 aromatic heterocycles. The molecule has 1 heterocycles. The quantitative estimate of drug-likeness (QED) is 0.808. The zero-order valence-electron chi connectivity index (χ0n) is 8.22. The summed E-state index contributed by atoms with van der Waals surface area (Å²) in [5.74, 6) is -0.196. The molecular formula is C10H12N2O3. The molecule has 5 nitrogen and oxygen atoms in total. The molecular weight excluding hydrogens is 196 g/mol. The van der Waals surface area contributed by atoms with Gasteiger partial charge < -0.3 is 9.84 Å². The van der Waals surface area contributed by atoms with Crippen LogP contribution in [0.15, 0.2) is 12.4 Å². The van der Waals surface area contributed by atoms with Crippen LogP contribution in [0, 0.1) is 5.92 Å². The predicted octanol–water partition coefficient (Wildman–Crippen LogP) is 1.35. The van der Waals surface area contributed by atoms with Crippen molar-refractivity contribution in [1.29, 1.82) is 0 Å². The Morgan fingerprint density at radius 3 is 2.93 bits per heavy atom. The van der Waals surface area contributed by atoms with E-state index in [9.17, 15) is 4.79 Å². The molecule has 0 spiro atoms. The number of carboxylic acid groups (broad SMARTS) is 1. The number of hydrogen-bond acceptors (Lipinski definition) is 4. The van der Waals surface area contributed by atoms with Crippen molar-refractivity contribution in [2.75, 3.05) is 6.61 Å². The molecule has 0 unspecified atom stereocenters. The molecule has 15 heavy (non-hydrogen) atoms. The van der Waals surface area contributed by atoms with Gasteiger partial charge in [0.1, 0.15) is 0 Å². The van der Waals surface area contributed by atoms with Crippen LogP contribution >= 0.6 is 0 Å². The van der Waals surface area contributed by atoms with Gasteiger partial charge in [0.25, 0.3) is 0 Å². The van der Waals surface area contributed by atoms with Crippen LogP contribution in [-0.2, 0) is 0 Å². The van der Waals surface area contributed by atoms with Crippen LogP contribution in [0.2, 0.25) is 0 Å². The van der Waals surface area contributed by atoms with Crippen LogP contribution in [0.1, 0.15) is 29.8 Å². The maximum absolute atomic E-state index is 10.6. The monoisotopic (exact) mass is 208 g/mol. The van der Waals surface area contributed by atoms with Crippen LogP contribution in [0.4, 0.5) is 0 Å². The number of carbonyl (C=O) groups is 1. The summed E-state index contributed by atoms with van der Waals surface area (Å²) in [5.41, 5.74) is -0.0823. The van der Waals surface area contributed by atoms with Gasteiger partial charge in [-0.15, -0.1) is 0 Å².